The molecule has 1 saturated carbocycles. The van der Waals surface area contributed by atoms with Crippen LogP contribution in [0.1, 0.15) is 34.3 Å². The Bertz CT molecular complexity index is 718. The van der Waals surface area contributed by atoms with E-state index in [-0.39, 0.29) is 16.9 Å². The molecule has 4 nitrogen and oxygen atoms in total. The number of rotatable bonds is 5. The zero-order valence-corrected chi connectivity index (χ0v) is 13.0. The highest BCUT2D eigenvalue weighted by Gasteiger charge is 2.52. The summed E-state index contributed by atoms with van der Waals surface area (Å²) in [6, 6.07) is 16.6. The van der Waals surface area contributed by atoms with Crippen LogP contribution in [0, 0.1) is 0 Å². The highest BCUT2D eigenvalue weighted by Crippen LogP contribution is 2.49. The summed E-state index contributed by atoms with van der Waals surface area (Å²) in [4.78, 5) is 25.4. The van der Waals surface area contributed by atoms with Gasteiger partial charge < -0.3 is 10.0 Å². The van der Waals surface area contributed by atoms with Crippen molar-refractivity contribution in [3.8, 4) is 0 Å². The number of hydrogen-bond donors (Lipinski definition) is 1. The number of carboxylic acids is 1. The van der Waals surface area contributed by atoms with Crippen LogP contribution in [0.3, 0.4) is 0 Å². The smallest absolute Gasteiger partial charge is 0.335 e. The third kappa shape index (κ3) is 2.97. The van der Waals surface area contributed by atoms with Crippen molar-refractivity contribution >= 4 is 11.9 Å². The van der Waals surface area contributed by atoms with Gasteiger partial charge in [-0.25, -0.2) is 4.79 Å². The van der Waals surface area contributed by atoms with Gasteiger partial charge in [0.1, 0.15) is 0 Å². The van der Waals surface area contributed by atoms with Gasteiger partial charge >= 0.3 is 5.97 Å². The number of likely N-dealkylation sites (N-methyl/N-ethyl adjacent to an activating group) is 1. The largest absolute Gasteiger partial charge is 0.478 e. The number of benzene rings is 2. The number of hydrogen-bond acceptors (Lipinski definition) is 2. The first kappa shape index (κ1) is 15.3. The molecule has 0 spiro atoms. The molecule has 0 saturated heterocycles. The summed E-state index contributed by atoms with van der Waals surface area (Å²) in [6.07, 6.45) is 1.77. The molecular weight excluding hydrogens is 290 g/mol. The number of carbonyl (C=O) groups excluding carboxylic acids is 1. The molecule has 2 aromatic carbocycles. The SMILES string of the molecule is CN(Cc1ccc(C(=O)O)cc1)C(=O)C1(c2ccccc2)CC1. The van der Waals surface area contributed by atoms with Crippen molar-refractivity contribution in [3.05, 3.63) is 71.3 Å². The highest BCUT2D eigenvalue weighted by atomic mass is 16.4. The fraction of sp³-hybridized carbons (Fsp3) is 0.263. The number of nitrogens with zero attached hydrogens (tertiary/aromatic N) is 1. The maximum atomic E-state index is 12.8. The fourth-order valence-corrected chi connectivity index (χ4v) is 2.97. The van der Waals surface area contributed by atoms with Crippen LogP contribution in [0.4, 0.5) is 0 Å². The monoisotopic (exact) mass is 309 g/mol. The minimum Gasteiger partial charge on any atom is -0.478 e. The molecule has 0 heterocycles. The maximum Gasteiger partial charge on any atom is 0.335 e. The quantitative estimate of drug-likeness (QED) is 0.923. The van der Waals surface area contributed by atoms with Crippen LogP contribution in [0.25, 0.3) is 0 Å². The number of aromatic carboxylic acids is 1. The van der Waals surface area contributed by atoms with Crippen molar-refractivity contribution in [1.82, 2.24) is 4.90 Å². The van der Waals surface area contributed by atoms with Crippen molar-refractivity contribution in [2.24, 2.45) is 0 Å². The second-order valence-electron chi connectivity index (χ2n) is 6.11. The Labute approximate surface area is 135 Å². The normalized spacial score (nSPS) is 15.0. The van der Waals surface area contributed by atoms with Crippen molar-refractivity contribution in [2.45, 2.75) is 24.8 Å². The van der Waals surface area contributed by atoms with Crippen molar-refractivity contribution in [1.29, 1.82) is 0 Å². The minimum absolute atomic E-state index is 0.131. The molecule has 1 amide bonds. The topological polar surface area (TPSA) is 57.6 Å². The summed E-state index contributed by atoms with van der Waals surface area (Å²) < 4.78 is 0. The maximum absolute atomic E-state index is 12.8. The lowest BCUT2D eigenvalue weighted by molar-refractivity contribution is -0.133. The first-order valence-corrected chi connectivity index (χ1v) is 7.66. The molecule has 23 heavy (non-hydrogen) atoms. The highest BCUT2D eigenvalue weighted by molar-refractivity contribution is 5.91. The molecule has 0 unspecified atom stereocenters. The zero-order chi connectivity index (χ0) is 16.4. The molecular formula is C19H19NO3. The molecule has 0 atom stereocenters. The molecule has 0 bridgehead atoms. The van der Waals surface area contributed by atoms with Gasteiger partial charge in [-0.1, -0.05) is 42.5 Å². The Kier molecular flexibility index (Phi) is 3.90. The van der Waals surface area contributed by atoms with Gasteiger partial charge in [-0.05, 0) is 36.1 Å². The molecule has 1 N–H and O–H groups in total. The van der Waals surface area contributed by atoms with E-state index >= 15 is 0 Å². The molecule has 1 aliphatic rings. The molecule has 0 aliphatic heterocycles. The molecule has 0 radical (unpaired) electrons. The van der Waals surface area contributed by atoms with Gasteiger partial charge in [0.05, 0.1) is 11.0 Å². The lowest BCUT2D eigenvalue weighted by atomic mass is 9.94. The fourth-order valence-electron chi connectivity index (χ4n) is 2.97. The Morgan fingerprint density at radius 2 is 1.65 bits per heavy atom. The van der Waals surface area contributed by atoms with E-state index < -0.39 is 5.97 Å². The van der Waals surface area contributed by atoms with Crippen molar-refractivity contribution in [2.75, 3.05) is 7.05 Å². The minimum atomic E-state index is -0.943. The Hall–Kier alpha value is -2.62. The molecule has 1 fully saturated rings. The summed E-state index contributed by atoms with van der Waals surface area (Å²) in [5, 5.41) is 8.92. The first-order chi connectivity index (χ1) is 11.0. The Balaban J connectivity index is 1.72. The lowest BCUT2D eigenvalue weighted by Crippen LogP contribution is -2.36. The summed E-state index contributed by atoms with van der Waals surface area (Å²) in [5.41, 5.74) is 1.90. The Morgan fingerprint density at radius 3 is 2.17 bits per heavy atom. The molecule has 2 aromatic rings. The summed E-state index contributed by atoms with van der Waals surface area (Å²) in [6.45, 7) is 0.479. The average Bonchev–Trinajstić information content (AvgIpc) is 3.37. The molecule has 118 valence electrons. The van der Waals surface area contributed by atoms with Crippen molar-refractivity contribution < 1.29 is 14.7 Å². The summed E-state index contributed by atoms with van der Waals surface area (Å²) in [7, 11) is 1.80. The Morgan fingerprint density at radius 1 is 1.04 bits per heavy atom. The van der Waals surface area contributed by atoms with Crippen LogP contribution in [0.2, 0.25) is 0 Å². The second kappa shape index (κ2) is 5.88. The first-order valence-electron chi connectivity index (χ1n) is 7.66. The predicted octanol–water partition coefficient (Wildman–Crippen LogP) is 3.08. The lowest BCUT2D eigenvalue weighted by Gasteiger charge is -2.24. The van der Waals surface area contributed by atoms with Crippen LogP contribution < -0.4 is 0 Å². The summed E-state index contributed by atoms with van der Waals surface area (Å²) >= 11 is 0. The third-order valence-electron chi connectivity index (χ3n) is 4.45. The number of amides is 1. The van der Waals surface area contributed by atoms with E-state index in [4.69, 9.17) is 5.11 Å². The van der Waals surface area contributed by atoms with Crippen LogP contribution in [-0.2, 0) is 16.8 Å². The standard InChI is InChI=1S/C19H19NO3/c1-20(13-14-7-9-15(10-8-14)17(21)22)18(23)19(11-12-19)16-5-3-2-4-6-16/h2-10H,11-13H2,1H3,(H,21,22). The van der Waals surface area contributed by atoms with Gasteiger partial charge in [0.25, 0.3) is 0 Å². The van der Waals surface area contributed by atoms with Gasteiger partial charge in [0.15, 0.2) is 0 Å². The van der Waals surface area contributed by atoms with Crippen LogP contribution in [-0.4, -0.2) is 28.9 Å². The number of carbonyl (C=O) groups is 2. The second-order valence-corrected chi connectivity index (χ2v) is 6.11. The van der Waals surface area contributed by atoms with E-state index in [0.29, 0.717) is 6.54 Å². The van der Waals surface area contributed by atoms with Gasteiger partial charge in [-0.15, -0.1) is 0 Å². The van der Waals surface area contributed by atoms with Crippen LogP contribution in [0.5, 0.6) is 0 Å². The van der Waals surface area contributed by atoms with Gasteiger partial charge in [0, 0.05) is 13.6 Å². The molecule has 0 aromatic heterocycles. The van der Waals surface area contributed by atoms with Crippen molar-refractivity contribution in [3.63, 3.8) is 0 Å². The van der Waals surface area contributed by atoms with E-state index in [9.17, 15) is 9.59 Å². The third-order valence-corrected chi connectivity index (χ3v) is 4.45. The average molecular weight is 309 g/mol. The van der Waals surface area contributed by atoms with E-state index in [1.807, 2.05) is 30.3 Å². The van der Waals surface area contributed by atoms with Crippen LogP contribution in [0.15, 0.2) is 54.6 Å². The van der Waals surface area contributed by atoms with E-state index in [1.54, 1.807) is 36.2 Å². The molecule has 1 aliphatic carbocycles. The van der Waals surface area contributed by atoms with Crippen LogP contribution >= 0.6 is 0 Å². The predicted molar refractivity (Wildman–Crippen MR) is 87.2 cm³/mol. The molecule has 3 rings (SSSR count). The van der Waals surface area contributed by atoms with Gasteiger partial charge in [-0.3, -0.25) is 4.79 Å². The van der Waals surface area contributed by atoms with Gasteiger partial charge in [0.2, 0.25) is 5.91 Å². The molecule has 4 heteroatoms. The zero-order valence-electron chi connectivity index (χ0n) is 13.0. The van der Waals surface area contributed by atoms with E-state index in [0.717, 1.165) is 24.0 Å². The van der Waals surface area contributed by atoms with Gasteiger partial charge in [-0.2, -0.15) is 0 Å². The van der Waals surface area contributed by atoms with E-state index in [2.05, 4.69) is 0 Å². The summed E-state index contributed by atoms with van der Waals surface area (Å²) in [5.74, 6) is -0.812. The van der Waals surface area contributed by atoms with E-state index in [1.165, 1.54) is 0 Å². The number of carboxylic acid groups (broad SMARTS) is 1.